The molecule has 3 unspecified atom stereocenters. The van der Waals surface area contributed by atoms with E-state index in [2.05, 4.69) is 26.9 Å². The molecule has 1 fully saturated rings. The molecule has 2 heterocycles. The standard InChI is InChI=1S/C12H19BrN2O2S2/c1-8-7-19(16,17)4-3-15(8)12(9(2)14)11-5-10(13)6-18-11/h5-6,8-9,12H,3-4,7,14H2,1-2H3. The van der Waals surface area contributed by atoms with Gasteiger partial charge in [0.25, 0.3) is 0 Å². The van der Waals surface area contributed by atoms with Crippen LogP contribution in [0.15, 0.2) is 15.9 Å². The van der Waals surface area contributed by atoms with Crippen LogP contribution in [0, 0.1) is 0 Å². The van der Waals surface area contributed by atoms with E-state index < -0.39 is 9.84 Å². The molecule has 0 radical (unpaired) electrons. The van der Waals surface area contributed by atoms with Crippen molar-refractivity contribution in [3.05, 3.63) is 20.8 Å². The summed E-state index contributed by atoms with van der Waals surface area (Å²) >= 11 is 5.13. The Morgan fingerprint density at radius 2 is 2.26 bits per heavy atom. The predicted molar refractivity (Wildman–Crippen MR) is 83.2 cm³/mol. The van der Waals surface area contributed by atoms with Gasteiger partial charge in [-0.05, 0) is 35.8 Å². The van der Waals surface area contributed by atoms with Crippen molar-refractivity contribution in [1.82, 2.24) is 4.90 Å². The van der Waals surface area contributed by atoms with Crippen LogP contribution in [-0.2, 0) is 9.84 Å². The summed E-state index contributed by atoms with van der Waals surface area (Å²) in [6, 6.07) is 2.14. The highest BCUT2D eigenvalue weighted by Gasteiger charge is 2.35. The Morgan fingerprint density at radius 1 is 1.58 bits per heavy atom. The van der Waals surface area contributed by atoms with Crippen LogP contribution in [0.4, 0.5) is 0 Å². The summed E-state index contributed by atoms with van der Waals surface area (Å²) in [6.07, 6.45) is 0. The Kier molecular flexibility index (Phi) is 4.72. The molecule has 7 heteroatoms. The molecule has 1 saturated heterocycles. The van der Waals surface area contributed by atoms with Gasteiger partial charge in [-0.25, -0.2) is 8.42 Å². The number of hydrogen-bond acceptors (Lipinski definition) is 5. The summed E-state index contributed by atoms with van der Waals surface area (Å²) in [6.45, 7) is 4.51. The third-order valence-corrected chi connectivity index (χ3v) is 7.02. The van der Waals surface area contributed by atoms with Crippen molar-refractivity contribution in [1.29, 1.82) is 0 Å². The van der Waals surface area contributed by atoms with E-state index >= 15 is 0 Å². The van der Waals surface area contributed by atoms with Gasteiger partial charge in [0, 0.05) is 33.4 Å². The second-order valence-corrected chi connectivity index (χ2v) is 9.26. The van der Waals surface area contributed by atoms with Crippen molar-refractivity contribution in [2.24, 2.45) is 5.73 Å². The minimum atomic E-state index is -2.89. The number of nitrogens with zero attached hydrogens (tertiary/aromatic N) is 1. The SMILES string of the molecule is CC(N)C(c1cc(Br)cs1)N1CCS(=O)(=O)CC1C. The van der Waals surface area contributed by atoms with Gasteiger partial charge >= 0.3 is 0 Å². The molecule has 2 N–H and O–H groups in total. The summed E-state index contributed by atoms with van der Waals surface area (Å²) in [5.74, 6) is 0.454. The second-order valence-electron chi connectivity index (χ2n) is 5.17. The molecule has 4 nitrogen and oxygen atoms in total. The highest BCUT2D eigenvalue weighted by atomic mass is 79.9. The molecule has 19 heavy (non-hydrogen) atoms. The van der Waals surface area contributed by atoms with Gasteiger partial charge in [-0.3, -0.25) is 4.90 Å². The van der Waals surface area contributed by atoms with Gasteiger partial charge in [0.1, 0.15) is 0 Å². The van der Waals surface area contributed by atoms with E-state index in [4.69, 9.17) is 5.73 Å². The van der Waals surface area contributed by atoms with Crippen LogP contribution in [0.2, 0.25) is 0 Å². The molecule has 0 amide bonds. The Bertz CT molecular complexity index is 542. The lowest BCUT2D eigenvalue weighted by molar-refractivity contribution is 0.142. The lowest BCUT2D eigenvalue weighted by Crippen LogP contribution is -2.51. The fourth-order valence-corrected chi connectivity index (χ4v) is 5.89. The van der Waals surface area contributed by atoms with Crippen LogP contribution in [0.1, 0.15) is 24.8 Å². The van der Waals surface area contributed by atoms with Gasteiger partial charge in [-0.15, -0.1) is 11.3 Å². The van der Waals surface area contributed by atoms with E-state index in [0.717, 1.165) is 4.47 Å². The van der Waals surface area contributed by atoms with Crippen molar-refractivity contribution >= 4 is 37.1 Å². The first-order valence-electron chi connectivity index (χ1n) is 6.26. The average molecular weight is 367 g/mol. The maximum Gasteiger partial charge on any atom is 0.153 e. The molecule has 0 bridgehead atoms. The molecule has 108 valence electrons. The Morgan fingerprint density at radius 3 is 2.74 bits per heavy atom. The van der Waals surface area contributed by atoms with Crippen LogP contribution < -0.4 is 5.73 Å². The first-order valence-corrected chi connectivity index (χ1v) is 9.75. The summed E-state index contributed by atoms with van der Waals surface area (Å²) in [4.78, 5) is 3.41. The number of sulfone groups is 1. The van der Waals surface area contributed by atoms with Crippen molar-refractivity contribution in [2.45, 2.75) is 32.0 Å². The van der Waals surface area contributed by atoms with Gasteiger partial charge in [-0.1, -0.05) is 0 Å². The molecule has 0 aliphatic carbocycles. The van der Waals surface area contributed by atoms with Crippen molar-refractivity contribution in [2.75, 3.05) is 18.1 Å². The molecule has 0 saturated carbocycles. The lowest BCUT2D eigenvalue weighted by Gasteiger charge is -2.40. The molecule has 1 aromatic heterocycles. The Balaban J connectivity index is 2.26. The van der Waals surface area contributed by atoms with E-state index in [9.17, 15) is 8.42 Å². The van der Waals surface area contributed by atoms with E-state index in [0.29, 0.717) is 6.54 Å². The zero-order valence-electron chi connectivity index (χ0n) is 11.0. The van der Waals surface area contributed by atoms with Gasteiger partial charge in [-0.2, -0.15) is 0 Å². The molecular weight excluding hydrogens is 348 g/mol. The average Bonchev–Trinajstić information content (AvgIpc) is 2.67. The highest BCUT2D eigenvalue weighted by Crippen LogP contribution is 2.33. The number of thiophene rings is 1. The predicted octanol–water partition coefficient (Wildman–Crippen LogP) is 2.02. The van der Waals surface area contributed by atoms with Crippen LogP contribution in [0.25, 0.3) is 0 Å². The summed E-state index contributed by atoms with van der Waals surface area (Å²) in [5.41, 5.74) is 6.14. The maximum atomic E-state index is 11.7. The van der Waals surface area contributed by atoms with Crippen molar-refractivity contribution in [3.63, 3.8) is 0 Å². The van der Waals surface area contributed by atoms with E-state index in [-0.39, 0.29) is 29.6 Å². The molecule has 2 rings (SSSR count). The zero-order valence-corrected chi connectivity index (χ0v) is 14.3. The molecule has 0 aromatic carbocycles. The molecule has 1 aliphatic rings. The fourth-order valence-electron chi connectivity index (χ4n) is 2.63. The molecule has 0 spiro atoms. The number of rotatable bonds is 3. The van der Waals surface area contributed by atoms with Crippen LogP contribution in [0.3, 0.4) is 0 Å². The van der Waals surface area contributed by atoms with Crippen LogP contribution in [-0.4, -0.2) is 43.5 Å². The zero-order chi connectivity index (χ0) is 14.2. The largest absolute Gasteiger partial charge is 0.326 e. The molecular formula is C12H19BrN2O2S2. The number of nitrogens with two attached hydrogens (primary N) is 1. The Labute approximate surface area is 127 Å². The van der Waals surface area contributed by atoms with Gasteiger partial charge in [0.2, 0.25) is 0 Å². The summed E-state index contributed by atoms with van der Waals surface area (Å²) < 4.78 is 24.4. The lowest BCUT2D eigenvalue weighted by atomic mass is 10.1. The van der Waals surface area contributed by atoms with Crippen LogP contribution >= 0.6 is 27.3 Å². The first kappa shape index (κ1) is 15.4. The third kappa shape index (κ3) is 3.58. The van der Waals surface area contributed by atoms with E-state index in [1.807, 2.05) is 19.2 Å². The minimum Gasteiger partial charge on any atom is -0.326 e. The fraction of sp³-hybridized carbons (Fsp3) is 0.667. The molecule has 3 atom stereocenters. The van der Waals surface area contributed by atoms with E-state index in [1.54, 1.807) is 11.3 Å². The quantitative estimate of drug-likeness (QED) is 0.888. The monoisotopic (exact) mass is 366 g/mol. The van der Waals surface area contributed by atoms with Gasteiger partial charge in [0.15, 0.2) is 9.84 Å². The van der Waals surface area contributed by atoms with E-state index in [1.165, 1.54) is 4.88 Å². The third-order valence-electron chi connectivity index (χ3n) is 3.46. The molecule has 1 aliphatic heterocycles. The van der Waals surface area contributed by atoms with Gasteiger partial charge < -0.3 is 5.73 Å². The van der Waals surface area contributed by atoms with Crippen molar-refractivity contribution in [3.8, 4) is 0 Å². The minimum absolute atomic E-state index is 0.00984. The normalized spacial score (nSPS) is 27.1. The smallest absolute Gasteiger partial charge is 0.153 e. The second kappa shape index (κ2) is 5.81. The molecule has 1 aromatic rings. The summed E-state index contributed by atoms with van der Waals surface area (Å²) in [5, 5.41) is 2.04. The topological polar surface area (TPSA) is 63.4 Å². The van der Waals surface area contributed by atoms with Gasteiger partial charge in [0.05, 0.1) is 17.5 Å². The first-order chi connectivity index (χ1) is 8.80. The van der Waals surface area contributed by atoms with Crippen molar-refractivity contribution < 1.29 is 8.42 Å². The van der Waals surface area contributed by atoms with Crippen LogP contribution in [0.5, 0.6) is 0 Å². The number of hydrogen-bond donors (Lipinski definition) is 1. The highest BCUT2D eigenvalue weighted by molar-refractivity contribution is 9.10. The maximum absolute atomic E-state index is 11.7. The summed E-state index contributed by atoms with van der Waals surface area (Å²) in [7, 11) is -2.89. The Hall–Kier alpha value is 0.0500. The number of halogens is 1.